The van der Waals surface area contributed by atoms with Gasteiger partial charge in [0.1, 0.15) is 5.44 Å². The Hall–Kier alpha value is -17.8. The van der Waals surface area contributed by atoms with Crippen molar-refractivity contribution in [3.63, 3.8) is 0 Å². The number of pyridine rings is 4. The molecule has 4 heterocycles. The van der Waals surface area contributed by atoms with Crippen LogP contribution in [0.4, 0.5) is 0 Å². The fourth-order valence-corrected chi connectivity index (χ4v) is 31.6. The van der Waals surface area contributed by atoms with Gasteiger partial charge in [-0.3, -0.25) is 0 Å². The third-order valence-corrected chi connectivity index (χ3v) is 38.8. The lowest BCUT2D eigenvalue weighted by molar-refractivity contribution is 0.591. The molecule has 0 spiro atoms. The fraction of sp³-hybridized carbons (Fsp3) is 0. The maximum atomic E-state index is 16.3. The minimum absolute atomic E-state index is 0.543. The van der Waals surface area contributed by atoms with Crippen LogP contribution in [0.3, 0.4) is 0 Å². The minimum atomic E-state index is -3.39. The second-order valence-corrected chi connectivity index (χ2v) is 45.7. The summed E-state index contributed by atoms with van der Waals surface area (Å²) in [6.45, 7) is 0. The summed E-state index contributed by atoms with van der Waals surface area (Å²) in [5, 5.41) is 42.1. The van der Waals surface area contributed by atoms with E-state index in [9.17, 15) is 0 Å². The summed E-state index contributed by atoms with van der Waals surface area (Å²) in [6.07, 6.45) is 0. The molecule has 10 heteroatoms. The first-order valence-corrected chi connectivity index (χ1v) is 54.6. The Morgan fingerprint density at radius 3 is 0.760 bits per heavy atom. The molecule has 0 bridgehead atoms. The van der Waals surface area contributed by atoms with Crippen LogP contribution in [0.2, 0.25) is 0 Å². The van der Waals surface area contributed by atoms with Crippen molar-refractivity contribution in [1.29, 1.82) is 0 Å². The molecule has 0 atom stereocenters. The molecular formula is C136H87N4O3P3. The predicted molar refractivity (Wildman–Crippen MR) is 623 cm³/mol. The molecular weight excluding hydrogens is 1830 g/mol. The molecule has 0 N–H and O–H groups in total. The van der Waals surface area contributed by atoms with Gasteiger partial charge in [0.05, 0.1) is 39.3 Å². The van der Waals surface area contributed by atoms with E-state index in [1.807, 2.05) is 212 Å². The van der Waals surface area contributed by atoms with Gasteiger partial charge in [-0.05, 0) is 155 Å². The van der Waals surface area contributed by atoms with Crippen molar-refractivity contribution in [2.45, 2.75) is 0 Å². The summed E-state index contributed by atoms with van der Waals surface area (Å²) in [7, 11) is -9.86. The van der Waals surface area contributed by atoms with E-state index in [1.165, 1.54) is 97.0 Å². The molecule has 0 fully saturated rings. The highest BCUT2D eigenvalue weighted by atomic mass is 31.2. The Labute approximate surface area is 841 Å². The molecule has 0 saturated heterocycles. The number of aromatic nitrogens is 4. The quantitative estimate of drug-likeness (QED) is 0.0682. The van der Waals surface area contributed by atoms with E-state index < -0.39 is 21.4 Å². The number of benzene rings is 25. The molecule has 7 nitrogen and oxygen atoms in total. The van der Waals surface area contributed by atoms with Crippen LogP contribution >= 0.6 is 21.4 Å². The molecule has 0 aliphatic carbocycles. The van der Waals surface area contributed by atoms with Crippen LogP contribution in [0.5, 0.6) is 0 Å². The molecule has 146 heavy (non-hydrogen) atoms. The first-order chi connectivity index (χ1) is 72.1. The minimum Gasteiger partial charge on any atom is -0.309 e. The Kier molecular flexibility index (Phi) is 21.3. The second-order valence-electron chi connectivity index (χ2n) is 37.5. The highest BCUT2D eigenvalue weighted by Gasteiger charge is 2.38. The van der Waals surface area contributed by atoms with E-state index >= 15 is 13.7 Å². The summed E-state index contributed by atoms with van der Waals surface area (Å²) < 4.78 is 47.0. The molecule has 25 aromatic carbocycles. The van der Waals surface area contributed by atoms with Crippen molar-refractivity contribution in [2.24, 2.45) is 0 Å². The van der Waals surface area contributed by atoms with E-state index in [2.05, 4.69) is 315 Å². The zero-order valence-corrected chi connectivity index (χ0v) is 81.8. The van der Waals surface area contributed by atoms with Gasteiger partial charge in [0.15, 0.2) is 21.4 Å². The van der Waals surface area contributed by atoms with Gasteiger partial charge in [-0.25, -0.2) is 19.9 Å². The molecule has 0 aliphatic heterocycles. The molecule has 29 aromatic rings. The summed E-state index contributed by atoms with van der Waals surface area (Å²) in [5.74, 6) is 0. The van der Waals surface area contributed by atoms with Gasteiger partial charge in [-0.2, -0.15) is 0 Å². The van der Waals surface area contributed by atoms with Crippen LogP contribution in [0, 0.1) is 0 Å². The lowest BCUT2D eigenvalue weighted by atomic mass is 9.86. The van der Waals surface area contributed by atoms with Gasteiger partial charge in [0, 0.05) is 102 Å². The van der Waals surface area contributed by atoms with Crippen molar-refractivity contribution in [3.8, 4) is 33.9 Å². The summed E-state index contributed by atoms with van der Waals surface area (Å²) in [4.78, 5) is 21.8. The van der Waals surface area contributed by atoms with Gasteiger partial charge < -0.3 is 13.7 Å². The lowest BCUT2D eigenvalue weighted by Gasteiger charge is -2.26. The summed E-state index contributed by atoms with van der Waals surface area (Å²) in [5.41, 5.74) is 8.67. The van der Waals surface area contributed by atoms with Crippen molar-refractivity contribution < 1.29 is 13.7 Å². The summed E-state index contributed by atoms with van der Waals surface area (Å²) >= 11 is 0. The summed E-state index contributed by atoms with van der Waals surface area (Å²) in [6, 6.07) is 181. The molecule has 0 unspecified atom stereocenters. The molecule has 684 valence electrons. The molecule has 0 saturated carbocycles. The number of nitrogens with zero attached hydrogens (tertiary/aromatic N) is 4. The molecule has 0 amide bonds. The molecule has 0 aliphatic rings. The first kappa shape index (κ1) is 87.2. The predicted octanol–water partition coefficient (Wildman–Crippen LogP) is 32.2. The van der Waals surface area contributed by atoms with Crippen LogP contribution in [-0.4, -0.2) is 19.9 Å². The van der Waals surface area contributed by atoms with E-state index in [-0.39, 0.29) is 0 Å². The van der Waals surface area contributed by atoms with Crippen LogP contribution in [-0.2, 0) is 13.7 Å². The van der Waals surface area contributed by atoms with E-state index in [1.54, 1.807) is 0 Å². The van der Waals surface area contributed by atoms with Crippen molar-refractivity contribution in [1.82, 2.24) is 19.9 Å². The highest BCUT2D eigenvalue weighted by Crippen LogP contribution is 2.55. The second kappa shape index (κ2) is 35.7. The van der Waals surface area contributed by atoms with Crippen molar-refractivity contribution in [2.75, 3.05) is 0 Å². The lowest BCUT2D eigenvalue weighted by Crippen LogP contribution is -2.27. The third kappa shape index (κ3) is 14.0. The number of fused-ring (bicyclic) bond motifs is 32. The smallest absolute Gasteiger partial charge is 0.188 e. The van der Waals surface area contributed by atoms with Gasteiger partial charge in [0.25, 0.3) is 0 Å². The number of hydrogen-bond acceptors (Lipinski definition) is 7. The average molecular weight is 1920 g/mol. The van der Waals surface area contributed by atoms with Gasteiger partial charge in [-0.15, -0.1) is 0 Å². The van der Waals surface area contributed by atoms with Gasteiger partial charge in [-0.1, -0.05) is 491 Å². The average Bonchev–Trinajstić information content (AvgIpc) is 0.689. The van der Waals surface area contributed by atoms with E-state index in [0.29, 0.717) is 11.1 Å². The van der Waals surface area contributed by atoms with Crippen molar-refractivity contribution >= 4 is 253 Å². The topological polar surface area (TPSA) is 103 Å². The zero-order chi connectivity index (χ0) is 97.1. The van der Waals surface area contributed by atoms with Crippen LogP contribution in [0.25, 0.3) is 217 Å². The Balaban J connectivity index is 0.000000109. The van der Waals surface area contributed by atoms with E-state index in [4.69, 9.17) is 19.9 Å². The maximum absolute atomic E-state index is 16.3. The van der Waals surface area contributed by atoms with Gasteiger partial charge >= 0.3 is 0 Å². The SMILES string of the molecule is O=P(c1ccccc1)(c1ccccc1)c1c2ccccc2c(-c2nc3ccc4ccccc4c3c3c4ccccc4c4ccccc4c23)c2ccccc12.O=P(c1ccccc1)(c1ccccc1)c1cccc(-c2nc3ccc4ccccc4c3c3c4ccccc4c4ccccc4c23)c1.O=P(c1ccccc1)(c1ccccc1)c1cccc(-c2nc3ccc4ccccc4c3c3c4ccccc4c4ccccc4c23)n1. The Morgan fingerprint density at radius 1 is 0.151 bits per heavy atom. The van der Waals surface area contributed by atoms with Crippen LogP contribution in [0.1, 0.15) is 0 Å². The molecule has 29 rings (SSSR count). The zero-order valence-electron chi connectivity index (χ0n) is 79.1. The van der Waals surface area contributed by atoms with Crippen LogP contribution < -0.4 is 47.9 Å². The van der Waals surface area contributed by atoms with Gasteiger partial charge in [0.2, 0.25) is 0 Å². The highest BCUT2D eigenvalue weighted by molar-refractivity contribution is 7.86. The fourth-order valence-electron chi connectivity index (χ4n) is 23.3. The Morgan fingerprint density at radius 2 is 0.404 bits per heavy atom. The number of rotatable bonds is 12. The first-order valence-electron chi connectivity index (χ1n) is 49.5. The third-order valence-electron chi connectivity index (χ3n) is 29.6. The van der Waals surface area contributed by atoms with Crippen LogP contribution in [0.15, 0.2) is 528 Å². The standard InChI is InChI=1S/C51H32NOP.C43H28NOP.C42H27N2OP/c53-54(34-18-3-1-4-19-34,35-20-5-2-6-21-35)51-43-29-15-13-27-41(43)46(42-28-14-16-30-44(42)51)50-49-40-26-12-10-24-38(40)37-23-9-11-25-39(37)48(49)47-36-22-8-7-17-33(36)31-32-45(47)52-50;45-46(31-16-3-1-4-17-31,32-18-5-2-6-19-32)33-20-13-15-30(28-33)43-42-38-25-12-10-23-36(38)35-22-9-11-24-37(35)41(42)40-34-21-8-7-14-29(34)26-27-39(40)44-43;45-46(29-15-3-1-4-16-29,30-17-5-2-6-18-30)38-25-13-24-37(43-38)42-41-35-23-12-10-21-33(35)32-20-9-11-22-34(32)40(41)39-31-19-8-7-14-28(31)26-27-36(39)44-42/h1-32H;1-28H;1-27H. The largest absolute Gasteiger partial charge is 0.309 e. The number of hydrogen-bond donors (Lipinski definition) is 0. The Bertz CT molecular complexity index is 10000. The normalized spacial score (nSPS) is 12.1. The van der Waals surface area contributed by atoms with Crippen molar-refractivity contribution in [3.05, 3.63) is 528 Å². The molecule has 4 aromatic heterocycles. The molecule has 0 radical (unpaired) electrons. The van der Waals surface area contributed by atoms with E-state index in [0.717, 1.165) is 157 Å². The monoisotopic (exact) mass is 1920 g/mol. The maximum Gasteiger partial charge on any atom is 0.188 e.